The van der Waals surface area contributed by atoms with Gasteiger partial charge in [-0.25, -0.2) is 14.1 Å². The predicted octanol–water partition coefficient (Wildman–Crippen LogP) is 2.51. The number of fused-ring (bicyclic) bond motifs is 1. The molecular formula is C16H16F2N2O6. The molecule has 0 spiro atoms. The first-order valence-electron chi connectivity index (χ1n) is 8.02. The van der Waals surface area contributed by atoms with E-state index in [1.807, 2.05) is 0 Å². The number of anilines is 1. The minimum atomic E-state index is -1.22. The molecule has 2 aliphatic rings. The van der Waals surface area contributed by atoms with Crippen molar-refractivity contribution in [1.82, 2.24) is 5.16 Å². The van der Waals surface area contributed by atoms with Crippen LogP contribution in [0.5, 0.6) is 0 Å². The quantitative estimate of drug-likeness (QED) is 0.818. The minimum absolute atomic E-state index is 0.0227. The van der Waals surface area contributed by atoms with Gasteiger partial charge in [0, 0.05) is 12.7 Å². The number of rotatable bonds is 4. The average Bonchev–Trinajstić information content (AvgIpc) is 3.36. The lowest BCUT2D eigenvalue weighted by Crippen LogP contribution is -2.42. The summed E-state index contributed by atoms with van der Waals surface area (Å²) in [7, 11) is 1.49. The van der Waals surface area contributed by atoms with Crippen LogP contribution in [-0.4, -0.2) is 50.3 Å². The molecule has 1 aromatic heterocycles. The summed E-state index contributed by atoms with van der Waals surface area (Å²) in [6.45, 7) is 2.37. The Kier molecular flexibility index (Phi) is 4.25. The second-order valence-electron chi connectivity index (χ2n) is 6.01. The van der Waals surface area contributed by atoms with Gasteiger partial charge in [-0.05, 0) is 13.0 Å². The van der Waals surface area contributed by atoms with Crippen molar-refractivity contribution in [2.45, 2.75) is 25.4 Å². The van der Waals surface area contributed by atoms with Gasteiger partial charge in [-0.1, -0.05) is 5.16 Å². The van der Waals surface area contributed by atoms with Gasteiger partial charge in [0.1, 0.15) is 12.6 Å². The van der Waals surface area contributed by atoms with Crippen molar-refractivity contribution >= 4 is 22.9 Å². The number of carbonyl (C=O) groups is 1. The zero-order chi connectivity index (χ0) is 18.4. The molecule has 2 aromatic rings. The van der Waals surface area contributed by atoms with Crippen molar-refractivity contribution in [2.24, 2.45) is 0 Å². The largest absolute Gasteiger partial charge is 0.447 e. The minimum Gasteiger partial charge on any atom is -0.447 e. The lowest BCUT2D eigenvalue weighted by atomic mass is 10.1. The van der Waals surface area contributed by atoms with Crippen LogP contribution in [0.15, 0.2) is 10.6 Å². The number of methoxy groups -OCH3 is 1. The maximum atomic E-state index is 14.5. The smallest absolute Gasteiger partial charge is 0.416 e. The van der Waals surface area contributed by atoms with Crippen molar-refractivity contribution < 1.29 is 37.0 Å². The summed E-state index contributed by atoms with van der Waals surface area (Å²) < 4.78 is 54.6. The number of carbonyl (C=O) groups excluding carboxylic acids is 1. The van der Waals surface area contributed by atoms with Gasteiger partial charge in [0.25, 0.3) is 0 Å². The summed E-state index contributed by atoms with van der Waals surface area (Å²) in [6, 6.07) is 0.826. The molecule has 0 bridgehead atoms. The monoisotopic (exact) mass is 370 g/mol. The van der Waals surface area contributed by atoms with Crippen LogP contribution in [0.1, 0.15) is 18.8 Å². The van der Waals surface area contributed by atoms with E-state index in [1.54, 1.807) is 6.92 Å². The molecule has 2 atom stereocenters. The van der Waals surface area contributed by atoms with Gasteiger partial charge in [-0.15, -0.1) is 0 Å². The van der Waals surface area contributed by atoms with Crippen molar-refractivity contribution in [3.63, 3.8) is 0 Å². The molecule has 26 heavy (non-hydrogen) atoms. The molecule has 2 aliphatic heterocycles. The van der Waals surface area contributed by atoms with Crippen LogP contribution in [0.2, 0.25) is 0 Å². The number of hydrogen-bond acceptors (Lipinski definition) is 7. The molecule has 10 heteroatoms. The van der Waals surface area contributed by atoms with Gasteiger partial charge >= 0.3 is 6.09 Å². The number of cyclic esters (lactones) is 1. The van der Waals surface area contributed by atoms with Crippen LogP contribution < -0.4 is 4.90 Å². The topological polar surface area (TPSA) is 83.3 Å². The Morgan fingerprint density at radius 1 is 1.31 bits per heavy atom. The summed E-state index contributed by atoms with van der Waals surface area (Å²) in [5.74, 6) is -2.34. The Morgan fingerprint density at radius 3 is 2.73 bits per heavy atom. The first-order valence-corrected chi connectivity index (χ1v) is 8.02. The van der Waals surface area contributed by atoms with Crippen molar-refractivity contribution in [1.29, 1.82) is 0 Å². The Morgan fingerprint density at radius 2 is 2.04 bits per heavy atom. The zero-order valence-electron chi connectivity index (χ0n) is 14.0. The normalized spacial score (nSPS) is 22.4. The summed E-state index contributed by atoms with van der Waals surface area (Å²) >= 11 is 0. The number of ether oxygens (including phenoxy) is 4. The maximum Gasteiger partial charge on any atom is 0.416 e. The third-order valence-electron chi connectivity index (χ3n) is 4.58. The van der Waals surface area contributed by atoms with Crippen LogP contribution >= 0.6 is 0 Å². The molecule has 2 fully saturated rings. The second kappa shape index (κ2) is 6.45. The lowest BCUT2D eigenvalue weighted by Gasteiger charge is -2.23. The fraction of sp³-hybridized carbons (Fsp3) is 0.500. The summed E-state index contributed by atoms with van der Waals surface area (Å²) in [5, 5.41) is 3.89. The number of nitrogens with zero attached hydrogens (tertiary/aromatic N) is 2. The standard InChI is InChI=1S/C16H16F2N2O6/c1-7(22-2)10-6-25-16(21)20(10)14-9-5-8(15-23-3-4-24-15)11(17)12(18)13(9)26-19-14/h5,7,10,15H,3-4,6H2,1-2H3/t7-,10-/m1/s1. The number of benzene rings is 1. The second-order valence-corrected chi connectivity index (χ2v) is 6.01. The lowest BCUT2D eigenvalue weighted by molar-refractivity contribution is -0.0467. The summed E-state index contributed by atoms with van der Waals surface area (Å²) in [5.41, 5.74) is -0.524. The highest BCUT2D eigenvalue weighted by atomic mass is 19.2. The van der Waals surface area contributed by atoms with E-state index in [0.717, 1.165) is 0 Å². The van der Waals surface area contributed by atoms with Gasteiger partial charge < -0.3 is 23.5 Å². The van der Waals surface area contributed by atoms with Crippen LogP contribution in [0.25, 0.3) is 11.0 Å². The third-order valence-corrected chi connectivity index (χ3v) is 4.58. The Labute approximate surface area is 146 Å². The summed E-state index contributed by atoms with van der Waals surface area (Å²) in [4.78, 5) is 13.4. The highest BCUT2D eigenvalue weighted by molar-refractivity contribution is 5.99. The molecule has 0 unspecified atom stereocenters. The molecule has 0 N–H and O–H groups in total. The molecule has 0 aliphatic carbocycles. The molecule has 2 saturated heterocycles. The number of amides is 1. The van der Waals surface area contributed by atoms with Crippen LogP contribution in [-0.2, 0) is 18.9 Å². The van der Waals surface area contributed by atoms with E-state index in [9.17, 15) is 13.6 Å². The molecule has 0 radical (unpaired) electrons. The maximum absolute atomic E-state index is 14.5. The molecule has 8 nitrogen and oxygen atoms in total. The van der Waals surface area contributed by atoms with Crippen molar-refractivity contribution in [3.05, 3.63) is 23.3 Å². The van der Waals surface area contributed by atoms with Gasteiger partial charge in [0.2, 0.25) is 11.4 Å². The zero-order valence-corrected chi connectivity index (χ0v) is 14.0. The van der Waals surface area contributed by atoms with E-state index in [2.05, 4.69) is 5.16 Å². The first kappa shape index (κ1) is 17.1. The highest BCUT2D eigenvalue weighted by Gasteiger charge is 2.41. The Balaban J connectivity index is 1.84. The van der Waals surface area contributed by atoms with E-state index < -0.39 is 35.6 Å². The van der Waals surface area contributed by atoms with Crippen LogP contribution in [0.3, 0.4) is 0 Å². The van der Waals surface area contributed by atoms with Crippen molar-refractivity contribution in [3.8, 4) is 0 Å². The highest BCUT2D eigenvalue weighted by Crippen LogP contribution is 2.37. The van der Waals surface area contributed by atoms with E-state index in [4.69, 9.17) is 23.5 Å². The molecule has 140 valence electrons. The first-order chi connectivity index (χ1) is 12.5. The van der Waals surface area contributed by atoms with E-state index in [1.165, 1.54) is 18.1 Å². The molecule has 3 heterocycles. The Hall–Kier alpha value is -2.30. The fourth-order valence-electron chi connectivity index (χ4n) is 3.09. The number of aromatic nitrogens is 1. The predicted molar refractivity (Wildman–Crippen MR) is 82.7 cm³/mol. The van der Waals surface area contributed by atoms with Gasteiger partial charge in [0.05, 0.1) is 24.7 Å². The molecular weight excluding hydrogens is 354 g/mol. The Bertz CT molecular complexity index is 851. The van der Waals surface area contributed by atoms with E-state index in [-0.39, 0.29) is 42.7 Å². The SMILES string of the molecule is CO[C@H](C)[C@H]1COC(=O)N1c1noc2c(F)c(F)c(C3OCCO3)cc12. The van der Waals surface area contributed by atoms with Crippen LogP contribution in [0, 0.1) is 11.6 Å². The third kappa shape index (κ3) is 2.52. The van der Waals surface area contributed by atoms with E-state index in [0.29, 0.717) is 0 Å². The molecule has 4 rings (SSSR count). The van der Waals surface area contributed by atoms with Gasteiger partial charge in [-0.3, -0.25) is 0 Å². The number of hydrogen-bond donors (Lipinski definition) is 0. The molecule has 0 saturated carbocycles. The number of halogens is 2. The molecule has 1 amide bonds. The molecule has 1 aromatic carbocycles. The average molecular weight is 370 g/mol. The van der Waals surface area contributed by atoms with E-state index >= 15 is 0 Å². The fourth-order valence-corrected chi connectivity index (χ4v) is 3.09. The van der Waals surface area contributed by atoms with Gasteiger partial charge in [0.15, 0.2) is 17.9 Å². The van der Waals surface area contributed by atoms with Crippen molar-refractivity contribution in [2.75, 3.05) is 31.8 Å². The van der Waals surface area contributed by atoms with Crippen LogP contribution in [0.4, 0.5) is 19.4 Å². The van der Waals surface area contributed by atoms with Gasteiger partial charge in [-0.2, -0.15) is 4.39 Å². The summed E-state index contributed by atoms with van der Waals surface area (Å²) in [6.07, 6.45) is -2.08.